The summed E-state index contributed by atoms with van der Waals surface area (Å²) in [5.74, 6) is 0.622. The lowest BCUT2D eigenvalue weighted by Crippen LogP contribution is -2.37. The van der Waals surface area contributed by atoms with E-state index in [9.17, 15) is 4.79 Å². The van der Waals surface area contributed by atoms with Crippen LogP contribution in [0.4, 0.5) is 0 Å². The van der Waals surface area contributed by atoms with Gasteiger partial charge in [0.2, 0.25) is 0 Å². The van der Waals surface area contributed by atoms with E-state index in [4.69, 9.17) is 4.74 Å². The van der Waals surface area contributed by atoms with Crippen molar-refractivity contribution in [1.29, 1.82) is 0 Å². The van der Waals surface area contributed by atoms with Gasteiger partial charge in [0.15, 0.2) is 0 Å². The lowest BCUT2D eigenvalue weighted by atomic mass is 9.70. The van der Waals surface area contributed by atoms with E-state index in [1.165, 1.54) is 19.8 Å². The first-order valence-electron chi connectivity index (χ1n) is 5.55. The van der Waals surface area contributed by atoms with Crippen molar-refractivity contribution in [3.05, 3.63) is 0 Å². The highest BCUT2D eigenvalue weighted by Gasteiger charge is 2.62. The molecule has 0 radical (unpaired) electrons. The molecule has 0 amide bonds. The zero-order valence-corrected chi connectivity index (χ0v) is 9.59. The average Bonchev–Trinajstić information content (AvgIpc) is 2.35. The highest BCUT2D eigenvalue weighted by atomic mass is 16.5. The molecule has 14 heavy (non-hydrogen) atoms. The third-order valence-electron chi connectivity index (χ3n) is 5.02. The molecule has 0 aliphatic heterocycles. The Labute approximate surface area is 86.0 Å². The van der Waals surface area contributed by atoms with Gasteiger partial charge in [0, 0.05) is 12.3 Å². The predicted octanol–water partition coefficient (Wildman–Crippen LogP) is 2.76. The van der Waals surface area contributed by atoms with Crippen molar-refractivity contribution in [3.63, 3.8) is 0 Å². The van der Waals surface area contributed by atoms with Crippen LogP contribution >= 0.6 is 0 Å². The lowest BCUT2D eigenvalue weighted by Gasteiger charge is -2.38. The fourth-order valence-corrected chi connectivity index (χ4v) is 3.51. The quantitative estimate of drug-likeness (QED) is 0.603. The van der Waals surface area contributed by atoms with Gasteiger partial charge in [0.1, 0.15) is 6.10 Å². The van der Waals surface area contributed by atoms with Crippen molar-refractivity contribution in [2.75, 3.05) is 0 Å². The summed E-state index contributed by atoms with van der Waals surface area (Å²) in [6, 6.07) is 0. The molecule has 2 saturated carbocycles. The molecule has 2 nitrogen and oxygen atoms in total. The Balaban J connectivity index is 2.23. The van der Waals surface area contributed by atoms with E-state index >= 15 is 0 Å². The second kappa shape index (κ2) is 2.74. The zero-order valence-electron chi connectivity index (χ0n) is 9.59. The van der Waals surface area contributed by atoms with E-state index in [1.54, 1.807) is 0 Å². The molecule has 2 aliphatic carbocycles. The molecule has 0 aromatic heterocycles. The number of carbonyl (C=O) groups excluding carboxylic acids is 1. The molecule has 0 N–H and O–H groups in total. The van der Waals surface area contributed by atoms with Gasteiger partial charge in [-0.3, -0.25) is 4.79 Å². The minimum atomic E-state index is -0.125. The van der Waals surface area contributed by atoms with Crippen molar-refractivity contribution in [3.8, 4) is 0 Å². The molecule has 0 unspecified atom stereocenters. The largest absolute Gasteiger partial charge is 0.462 e. The Bertz CT molecular complexity index is 269. The summed E-state index contributed by atoms with van der Waals surface area (Å²) >= 11 is 0. The molecule has 0 heterocycles. The number of fused-ring (bicyclic) bond motifs is 2. The van der Waals surface area contributed by atoms with Crippen LogP contribution in [0.1, 0.15) is 47.0 Å². The molecule has 0 aromatic rings. The molecular formula is C12H20O2. The molecule has 80 valence electrons. The van der Waals surface area contributed by atoms with Crippen LogP contribution in [0.3, 0.4) is 0 Å². The topological polar surface area (TPSA) is 26.3 Å². The van der Waals surface area contributed by atoms with Gasteiger partial charge in [-0.25, -0.2) is 0 Å². The summed E-state index contributed by atoms with van der Waals surface area (Å²) in [5.41, 5.74) is 0.552. The molecule has 0 aromatic carbocycles. The minimum absolute atomic E-state index is 0.125. The Hall–Kier alpha value is -0.530. The molecule has 2 heteroatoms. The van der Waals surface area contributed by atoms with Gasteiger partial charge in [-0.2, -0.15) is 0 Å². The first-order chi connectivity index (χ1) is 6.38. The number of hydrogen-bond donors (Lipinski definition) is 0. The minimum Gasteiger partial charge on any atom is -0.462 e. The second-order valence-corrected chi connectivity index (χ2v) is 5.71. The summed E-state index contributed by atoms with van der Waals surface area (Å²) in [6.07, 6.45) is 3.75. The van der Waals surface area contributed by atoms with Gasteiger partial charge in [0.25, 0.3) is 0 Å². The third kappa shape index (κ3) is 1.06. The fourth-order valence-electron chi connectivity index (χ4n) is 3.51. The second-order valence-electron chi connectivity index (χ2n) is 5.71. The first kappa shape index (κ1) is 10.0. The van der Waals surface area contributed by atoms with Crippen molar-refractivity contribution < 1.29 is 9.53 Å². The number of carbonyl (C=O) groups is 1. The normalized spacial score (nSPS) is 44.0. The molecule has 2 rings (SSSR count). The van der Waals surface area contributed by atoms with Crippen LogP contribution in [0.15, 0.2) is 0 Å². The van der Waals surface area contributed by atoms with E-state index in [0.717, 1.165) is 12.3 Å². The van der Waals surface area contributed by atoms with Crippen molar-refractivity contribution >= 4 is 5.97 Å². The van der Waals surface area contributed by atoms with Gasteiger partial charge >= 0.3 is 5.97 Å². The molecular weight excluding hydrogens is 176 g/mol. The van der Waals surface area contributed by atoms with Crippen LogP contribution in [-0.2, 0) is 9.53 Å². The maximum absolute atomic E-state index is 11.0. The number of rotatable bonds is 1. The Morgan fingerprint density at radius 1 is 1.36 bits per heavy atom. The smallest absolute Gasteiger partial charge is 0.302 e. The lowest BCUT2D eigenvalue weighted by molar-refractivity contribution is -0.154. The van der Waals surface area contributed by atoms with E-state index < -0.39 is 0 Å². The van der Waals surface area contributed by atoms with Gasteiger partial charge < -0.3 is 4.74 Å². The van der Waals surface area contributed by atoms with Gasteiger partial charge in [-0.1, -0.05) is 20.8 Å². The van der Waals surface area contributed by atoms with E-state index in [0.29, 0.717) is 5.41 Å². The fraction of sp³-hybridized carbons (Fsp3) is 0.917. The van der Waals surface area contributed by atoms with Gasteiger partial charge in [0.05, 0.1) is 0 Å². The summed E-state index contributed by atoms with van der Waals surface area (Å²) in [6.45, 7) is 8.46. The van der Waals surface area contributed by atoms with Gasteiger partial charge in [-0.05, 0) is 30.6 Å². The van der Waals surface area contributed by atoms with Crippen LogP contribution < -0.4 is 0 Å². The predicted molar refractivity (Wildman–Crippen MR) is 54.8 cm³/mol. The monoisotopic (exact) mass is 196 g/mol. The van der Waals surface area contributed by atoms with Crippen LogP contribution in [0.25, 0.3) is 0 Å². The van der Waals surface area contributed by atoms with Crippen LogP contribution in [0.2, 0.25) is 0 Å². The summed E-state index contributed by atoms with van der Waals surface area (Å²) in [4.78, 5) is 11.0. The molecule has 2 aliphatic rings. The summed E-state index contributed by atoms with van der Waals surface area (Å²) in [7, 11) is 0. The maximum atomic E-state index is 11.0. The number of hydrogen-bond acceptors (Lipinski definition) is 2. The summed E-state index contributed by atoms with van der Waals surface area (Å²) < 4.78 is 5.44. The molecule has 2 bridgehead atoms. The highest BCUT2D eigenvalue weighted by Crippen LogP contribution is 2.66. The third-order valence-corrected chi connectivity index (χ3v) is 5.02. The standard InChI is InChI=1S/C12H20O2/c1-8(13)14-10-7-9-5-6-12(10,4)11(9,2)3/h9-10H,5-7H2,1-4H3/t9-,10+,12-/m0/s1. The molecule has 0 saturated heterocycles. The first-order valence-corrected chi connectivity index (χ1v) is 5.55. The van der Waals surface area contributed by atoms with E-state index in [2.05, 4.69) is 20.8 Å². The Morgan fingerprint density at radius 3 is 2.36 bits per heavy atom. The van der Waals surface area contributed by atoms with Crippen molar-refractivity contribution in [2.45, 2.75) is 53.1 Å². The van der Waals surface area contributed by atoms with Crippen LogP contribution in [-0.4, -0.2) is 12.1 Å². The average molecular weight is 196 g/mol. The zero-order chi connectivity index (χ0) is 10.6. The molecule has 2 fully saturated rings. The van der Waals surface area contributed by atoms with Crippen LogP contribution in [0.5, 0.6) is 0 Å². The Morgan fingerprint density at radius 2 is 2.00 bits per heavy atom. The number of ether oxygens (including phenoxy) is 1. The SMILES string of the molecule is CC(=O)O[C@@H]1C[C@@H]2CC[C@]1(C)C2(C)C. The molecule has 3 atom stereocenters. The van der Waals surface area contributed by atoms with Crippen molar-refractivity contribution in [1.82, 2.24) is 0 Å². The van der Waals surface area contributed by atoms with E-state index in [1.807, 2.05) is 0 Å². The highest BCUT2D eigenvalue weighted by molar-refractivity contribution is 5.66. The summed E-state index contributed by atoms with van der Waals surface area (Å²) in [5, 5.41) is 0. The van der Waals surface area contributed by atoms with Gasteiger partial charge in [-0.15, -0.1) is 0 Å². The number of esters is 1. The molecule has 0 spiro atoms. The van der Waals surface area contributed by atoms with Crippen LogP contribution in [0, 0.1) is 16.7 Å². The van der Waals surface area contributed by atoms with E-state index in [-0.39, 0.29) is 17.5 Å². The van der Waals surface area contributed by atoms with Crippen molar-refractivity contribution in [2.24, 2.45) is 16.7 Å². The Kier molecular flexibility index (Phi) is 1.96. The maximum Gasteiger partial charge on any atom is 0.302 e.